The average molecular weight is 447 g/mol. The summed E-state index contributed by atoms with van der Waals surface area (Å²) in [7, 11) is 1.59. The molecule has 0 fully saturated rings. The number of methoxy groups -OCH3 is 1. The second-order valence-electron chi connectivity index (χ2n) is 6.28. The molecule has 0 radical (unpaired) electrons. The van der Waals surface area contributed by atoms with Crippen molar-refractivity contribution in [3.63, 3.8) is 0 Å². The van der Waals surface area contributed by atoms with E-state index in [0.717, 1.165) is 15.8 Å². The molecule has 0 aliphatic carbocycles. The van der Waals surface area contributed by atoms with E-state index in [1.165, 1.54) is 11.6 Å². The Morgan fingerprint density at radius 1 is 1.11 bits per heavy atom. The molecule has 2 rings (SSSR count). The second kappa shape index (κ2) is 10.5. The number of amides is 2. The number of carbonyl (C=O) groups excluding carboxylic acids is 2. The maximum atomic E-state index is 11.8. The highest BCUT2D eigenvalue weighted by atomic mass is 79.9. The monoisotopic (exact) mass is 446 g/mol. The van der Waals surface area contributed by atoms with Crippen molar-refractivity contribution in [2.24, 2.45) is 0 Å². The van der Waals surface area contributed by atoms with Crippen LogP contribution in [-0.2, 0) is 9.59 Å². The summed E-state index contributed by atoms with van der Waals surface area (Å²) in [6, 6.07) is 12.9. The molecule has 0 aromatic heterocycles. The summed E-state index contributed by atoms with van der Waals surface area (Å²) in [6.45, 7) is 3.98. The van der Waals surface area contributed by atoms with Crippen LogP contribution in [0.3, 0.4) is 0 Å². The molecule has 2 N–H and O–H groups in total. The molecule has 0 saturated carbocycles. The van der Waals surface area contributed by atoms with Gasteiger partial charge < -0.3 is 9.47 Å². The van der Waals surface area contributed by atoms with Crippen molar-refractivity contribution in [2.75, 3.05) is 13.7 Å². The first-order valence-electron chi connectivity index (χ1n) is 8.72. The molecule has 7 heteroatoms. The van der Waals surface area contributed by atoms with Crippen LogP contribution in [0.25, 0.3) is 6.08 Å². The third kappa shape index (κ3) is 6.74. The van der Waals surface area contributed by atoms with E-state index in [2.05, 4.69) is 40.6 Å². The Kier molecular flexibility index (Phi) is 8.07. The summed E-state index contributed by atoms with van der Waals surface area (Å²) in [5.41, 5.74) is 6.61. The van der Waals surface area contributed by atoms with Crippen molar-refractivity contribution in [1.82, 2.24) is 10.9 Å². The van der Waals surface area contributed by atoms with E-state index < -0.39 is 11.8 Å². The predicted octanol–water partition coefficient (Wildman–Crippen LogP) is 3.82. The van der Waals surface area contributed by atoms with E-state index in [1.807, 2.05) is 30.3 Å². The van der Waals surface area contributed by atoms with Gasteiger partial charge in [-0.25, -0.2) is 0 Å². The number of rotatable bonds is 7. The van der Waals surface area contributed by atoms with Crippen molar-refractivity contribution < 1.29 is 19.1 Å². The van der Waals surface area contributed by atoms with Gasteiger partial charge >= 0.3 is 0 Å². The van der Waals surface area contributed by atoms with Crippen LogP contribution in [-0.4, -0.2) is 25.5 Å². The van der Waals surface area contributed by atoms with Gasteiger partial charge in [-0.15, -0.1) is 0 Å². The highest BCUT2D eigenvalue weighted by Crippen LogP contribution is 2.28. The summed E-state index contributed by atoms with van der Waals surface area (Å²) in [5, 5.41) is 0. The predicted molar refractivity (Wildman–Crippen MR) is 112 cm³/mol. The Balaban J connectivity index is 1.77. The van der Waals surface area contributed by atoms with E-state index >= 15 is 0 Å². The van der Waals surface area contributed by atoms with Gasteiger partial charge in [-0.3, -0.25) is 20.4 Å². The maximum absolute atomic E-state index is 11.8. The molecule has 0 bridgehead atoms. The van der Waals surface area contributed by atoms with E-state index in [0.29, 0.717) is 11.7 Å². The van der Waals surface area contributed by atoms with Crippen LogP contribution in [0.5, 0.6) is 11.5 Å². The molecule has 2 aromatic carbocycles. The molecule has 0 heterocycles. The van der Waals surface area contributed by atoms with Crippen LogP contribution in [0, 0.1) is 0 Å². The van der Waals surface area contributed by atoms with Crippen molar-refractivity contribution in [3.05, 3.63) is 64.1 Å². The molecule has 2 aromatic rings. The number of ether oxygens (including phenoxy) is 2. The topological polar surface area (TPSA) is 76.7 Å². The third-order valence-corrected chi connectivity index (χ3v) is 4.47. The van der Waals surface area contributed by atoms with Gasteiger partial charge in [-0.2, -0.15) is 0 Å². The number of halogens is 1. The van der Waals surface area contributed by atoms with Gasteiger partial charge in [0.05, 0.1) is 11.6 Å². The number of hydrogen-bond donors (Lipinski definition) is 2. The first-order valence-corrected chi connectivity index (χ1v) is 9.51. The summed E-state index contributed by atoms with van der Waals surface area (Å²) in [4.78, 5) is 23.6. The lowest BCUT2D eigenvalue weighted by Gasteiger charge is -2.11. The Morgan fingerprint density at radius 2 is 1.82 bits per heavy atom. The Labute approximate surface area is 173 Å². The Morgan fingerprint density at radius 3 is 2.43 bits per heavy atom. The number of hydrogen-bond acceptors (Lipinski definition) is 4. The number of carbonyl (C=O) groups is 2. The summed E-state index contributed by atoms with van der Waals surface area (Å²) < 4.78 is 11.3. The van der Waals surface area contributed by atoms with Crippen LogP contribution in [0.4, 0.5) is 0 Å². The van der Waals surface area contributed by atoms with Gasteiger partial charge in [0.15, 0.2) is 6.61 Å². The van der Waals surface area contributed by atoms with Crippen molar-refractivity contribution in [2.45, 2.75) is 19.8 Å². The fraction of sp³-hybridized carbons (Fsp3) is 0.238. The minimum atomic E-state index is -0.467. The Bertz CT molecular complexity index is 848. The molecular formula is C21H23BrN2O4. The normalized spacial score (nSPS) is 10.8. The lowest BCUT2D eigenvalue weighted by atomic mass is 10.0. The van der Waals surface area contributed by atoms with Crippen LogP contribution in [0.15, 0.2) is 53.0 Å². The van der Waals surface area contributed by atoms with Crippen molar-refractivity contribution >= 4 is 33.8 Å². The van der Waals surface area contributed by atoms with Crippen molar-refractivity contribution in [1.29, 1.82) is 0 Å². The zero-order chi connectivity index (χ0) is 20.5. The van der Waals surface area contributed by atoms with Gasteiger partial charge in [0.25, 0.3) is 11.8 Å². The minimum absolute atomic E-state index is 0.220. The first kappa shape index (κ1) is 21.5. The molecule has 0 unspecified atom stereocenters. The quantitative estimate of drug-likeness (QED) is 0.500. The Hall–Kier alpha value is -2.80. The number of hydrazine groups is 1. The summed E-state index contributed by atoms with van der Waals surface area (Å²) >= 11 is 3.44. The maximum Gasteiger partial charge on any atom is 0.276 e. The first-order chi connectivity index (χ1) is 13.4. The fourth-order valence-corrected chi connectivity index (χ4v) is 2.74. The summed E-state index contributed by atoms with van der Waals surface area (Å²) in [5.74, 6) is 0.775. The number of benzene rings is 2. The van der Waals surface area contributed by atoms with E-state index in [-0.39, 0.29) is 6.61 Å². The van der Waals surface area contributed by atoms with E-state index in [9.17, 15) is 9.59 Å². The molecule has 2 amide bonds. The molecule has 148 valence electrons. The van der Waals surface area contributed by atoms with Crippen LogP contribution in [0.1, 0.15) is 30.9 Å². The average Bonchev–Trinajstić information content (AvgIpc) is 2.70. The fourth-order valence-electron chi connectivity index (χ4n) is 2.23. The largest absolute Gasteiger partial charge is 0.497 e. The van der Waals surface area contributed by atoms with Crippen LogP contribution >= 0.6 is 15.9 Å². The summed E-state index contributed by atoms with van der Waals surface area (Å²) in [6.07, 6.45) is 2.95. The standard InChI is InChI=1S/C21H23BrN2O4/c1-14(2)16-7-10-19(18(22)12-16)28-13-21(26)24-23-20(25)11-6-15-4-8-17(27-3)9-5-15/h4-12,14H,13H2,1-3H3,(H,23,25)(H,24,26)/b11-6+. The number of nitrogens with one attached hydrogen (secondary N) is 2. The van der Waals surface area contributed by atoms with Gasteiger partial charge in [-0.1, -0.05) is 32.0 Å². The molecule has 0 aliphatic heterocycles. The second-order valence-corrected chi connectivity index (χ2v) is 7.13. The zero-order valence-electron chi connectivity index (χ0n) is 16.0. The van der Waals surface area contributed by atoms with Crippen LogP contribution in [0.2, 0.25) is 0 Å². The molecule has 28 heavy (non-hydrogen) atoms. The van der Waals surface area contributed by atoms with Crippen LogP contribution < -0.4 is 20.3 Å². The third-order valence-electron chi connectivity index (χ3n) is 3.85. The highest BCUT2D eigenvalue weighted by molar-refractivity contribution is 9.10. The van der Waals surface area contributed by atoms with Gasteiger partial charge in [0, 0.05) is 6.08 Å². The molecule has 0 atom stereocenters. The van der Waals surface area contributed by atoms with Gasteiger partial charge in [0.2, 0.25) is 0 Å². The van der Waals surface area contributed by atoms with Gasteiger partial charge in [0.1, 0.15) is 11.5 Å². The molecule has 0 saturated heterocycles. The lowest BCUT2D eigenvalue weighted by Crippen LogP contribution is -2.43. The smallest absolute Gasteiger partial charge is 0.276 e. The molecular weight excluding hydrogens is 424 g/mol. The van der Waals surface area contributed by atoms with Gasteiger partial charge in [-0.05, 0) is 63.3 Å². The molecule has 6 nitrogen and oxygen atoms in total. The molecule has 0 aliphatic rings. The SMILES string of the molecule is COc1ccc(/C=C/C(=O)NNC(=O)COc2ccc(C(C)C)cc2Br)cc1. The van der Waals surface area contributed by atoms with Crippen molar-refractivity contribution in [3.8, 4) is 11.5 Å². The minimum Gasteiger partial charge on any atom is -0.497 e. The zero-order valence-corrected chi connectivity index (χ0v) is 17.6. The lowest BCUT2D eigenvalue weighted by molar-refractivity contribution is -0.128. The highest BCUT2D eigenvalue weighted by Gasteiger charge is 2.08. The van der Waals surface area contributed by atoms with E-state index in [4.69, 9.17) is 9.47 Å². The van der Waals surface area contributed by atoms with E-state index in [1.54, 1.807) is 25.3 Å². The molecule has 0 spiro atoms.